The van der Waals surface area contributed by atoms with E-state index in [-0.39, 0.29) is 0 Å². The maximum Gasteiger partial charge on any atom is 0.191 e. The first-order valence-electron chi connectivity index (χ1n) is 2.57. The van der Waals surface area contributed by atoms with Gasteiger partial charge in [0.1, 0.15) is 0 Å². The molecule has 0 aliphatic carbocycles. The summed E-state index contributed by atoms with van der Waals surface area (Å²) in [7, 11) is 1.50. The van der Waals surface area contributed by atoms with Crippen LogP contribution in [0.4, 0.5) is 0 Å². The van der Waals surface area contributed by atoms with Gasteiger partial charge in [-0.1, -0.05) is 0 Å². The minimum Gasteiger partial charge on any atom is -0.361 e. The molecule has 0 aromatic heterocycles. The van der Waals surface area contributed by atoms with Crippen molar-refractivity contribution >= 4 is 17.3 Å². The normalized spacial score (nSPS) is 8.22. The maximum atomic E-state index is 9.77. The van der Waals surface area contributed by atoms with Gasteiger partial charge in [-0.3, -0.25) is 0 Å². The van der Waals surface area contributed by atoms with Crippen LogP contribution in [0.1, 0.15) is 6.92 Å². The Labute approximate surface area is 59.2 Å². The van der Waals surface area contributed by atoms with E-state index in [1.54, 1.807) is 0 Å². The lowest BCUT2D eigenvalue weighted by Crippen LogP contribution is -2.32. The lowest BCUT2D eigenvalue weighted by molar-refractivity contribution is 0.525. The summed E-state index contributed by atoms with van der Waals surface area (Å²) in [4.78, 5) is 9.77. The standard InChI is InChI=1S/C4H9N3OS/c1-3-5-4(9)7(2)6-8/h3H2,1-2H3,(H,5,9). The van der Waals surface area contributed by atoms with Crippen molar-refractivity contribution in [1.82, 2.24) is 10.3 Å². The van der Waals surface area contributed by atoms with Gasteiger partial charge in [0.15, 0.2) is 5.11 Å². The molecule has 0 aliphatic rings. The Morgan fingerprint density at radius 3 is 2.78 bits per heavy atom. The van der Waals surface area contributed by atoms with Crippen LogP contribution in [-0.4, -0.2) is 23.7 Å². The minimum absolute atomic E-state index is 0.354. The summed E-state index contributed by atoms with van der Waals surface area (Å²) in [5, 5.41) is 6.77. The fraction of sp³-hybridized carbons (Fsp3) is 0.750. The molecule has 0 aliphatic heterocycles. The molecule has 0 aromatic carbocycles. The third-order valence-corrected chi connectivity index (χ3v) is 1.15. The molecule has 0 spiro atoms. The van der Waals surface area contributed by atoms with Crippen molar-refractivity contribution in [3.63, 3.8) is 0 Å². The van der Waals surface area contributed by atoms with Crippen molar-refractivity contribution in [3.8, 4) is 0 Å². The summed E-state index contributed by atoms with van der Waals surface area (Å²) < 4.78 is 0. The van der Waals surface area contributed by atoms with E-state index in [0.717, 1.165) is 5.01 Å². The van der Waals surface area contributed by atoms with Crippen molar-refractivity contribution in [2.24, 2.45) is 5.29 Å². The van der Waals surface area contributed by atoms with Crippen molar-refractivity contribution in [2.75, 3.05) is 13.6 Å². The zero-order valence-electron chi connectivity index (χ0n) is 5.42. The van der Waals surface area contributed by atoms with Crippen LogP contribution in [0.5, 0.6) is 0 Å². The van der Waals surface area contributed by atoms with E-state index >= 15 is 0 Å². The molecular weight excluding hydrogens is 138 g/mol. The number of thiocarbonyl (C=S) groups is 1. The molecule has 4 nitrogen and oxygen atoms in total. The van der Waals surface area contributed by atoms with Crippen LogP contribution in [0.2, 0.25) is 0 Å². The highest BCUT2D eigenvalue weighted by Gasteiger charge is 1.98. The summed E-state index contributed by atoms with van der Waals surface area (Å²) in [6.45, 7) is 2.60. The van der Waals surface area contributed by atoms with E-state index in [2.05, 4.69) is 10.6 Å². The highest BCUT2D eigenvalue weighted by molar-refractivity contribution is 7.80. The number of nitroso groups, excluding NO2 is 1. The second kappa shape index (κ2) is 4.20. The fourth-order valence-electron chi connectivity index (χ4n) is 0.303. The number of nitrogens with one attached hydrogen (secondary N) is 1. The lowest BCUT2D eigenvalue weighted by Gasteiger charge is -2.09. The van der Waals surface area contributed by atoms with Crippen LogP contribution in [0.3, 0.4) is 0 Å². The van der Waals surface area contributed by atoms with Crippen LogP contribution in [0.25, 0.3) is 0 Å². The summed E-state index contributed by atoms with van der Waals surface area (Å²) in [6, 6.07) is 0. The van der Waals surface area contributed by atoms with Crippen molar-refractivity contribution in [1.29, 1.82) is 0 Å². The number of hydrogen-bond donors (Lipinski definition) is 1. The van der Waals surface area contributed by atoms with Gasteiger partial charge < -0.3 is 5.32 Å². The summed E-state index contributed by atoms with van der Waals surface area (Å²) in [5.41, 5.74) is 0. The Balaban J connectivity index is 3.58. The smallest absolute Gasteiger partial charge is 0.191 e. The van der Waals surface area contributed by atoms with E-state index in [4.69, 9.17) is 12.2 Å². The van der Waals surface area contributed by atoms with Gasteiger partial charge in [-0.15, -0.1) is 4.91 Å². The molecule has 0 saturated heterocycles. The van der Waals surface area contributed by atoms with Crippen LogP contribution in [0.15, 0.2) is 5.29 Å². The van der Waals surface area contributed by atoms with Gasteiger partial charge in [0.05, 0.1) is 5.29 Å². The summed E-state index contributed by atoms with van der Waals surface area (Å²) >= 11 is 4.70. The predicted molar refractivity (Wildman–Crippen MR) is 39.8 cm³/mol. The molecule has 0 rings (SSSR count). The Kier molecular flexibility index (Phi) is 3.87. The van der Waals surface area contributed by atoms with Gasteiger partial charge in [-0.25, -0.2) is 5.01 Å². The summed E-state index contributed by atoms with van der Waals surface area (Å²) in [6.07, 6.45) is 0. The third-order valence-electron chi connectivity index (χ3n) is 0.744. The van der Waals surface area contributed by atoms with E-state index < -0.39 is 0 Å². The zero-order valence-corrected chi connectivity index (χ0v) is 6.23. The third kappa shape index (κ3) is 2.97. The van der Waals surface area contributed by atoms with Gasteiger partial charge in [-0.05, 0) is 19.1 Å². The molecule has 0 aromatic rings. The molecule has 1 N–H and O–H groups in total. The van der Waals surface area contributed by atoms with E-state index in [9.17, 15) is 4.91 Å². The Bertz CT molecular complexity index is 116. The number of nitrogens with zero attached hydrogens (tertiary/aromatic N) is 2. The molecule has 9 heavy (non-hydrogen) atoms. The molecule has 5 heteroatoms. The first kappa shape index (κ1) is 8.29. The van der Waals surface area contributed by atoms with Gasteiger partial charge in [0.2, 0.25) is 0 Å². The second-order valence-electron chi connectivity index (χ2n) is 1.44. The predicted octanol–water partition coefficient (Wildman–Crippen LogP) is 0.494. The molecule has 0 amide bonds. The Morgan fingerprint density at radius 1 is 1.89 bits per heavy atom. The molecule has 0 heterocycles. The highest BCUT2D eigenvalue weighted by Crippen LogP contribution is 1.82. The average molecular weight is 147 g/mol. The van der Waals surface area contributed by atoms with Crippen LogP contribution in [0, 0.1) is 4.91 Å². The SMILES string of the molecule is CCNC(=S)N(C)N=O. The lowest BCUT2D eigenvalue weighted by atomic mass is 10.7. The Morgan fingerprint density at radius 2 is 2.44 bits per heavy atom. The van der Waals surface area contributed by atoms with Crippen molar-refractivity contribution in [3.05, 3.63) is 4.91 Å². The van der Waals surface area contributed by atoms with Gasteiger partial charge in [0, 0.05) is 13.6 Å². The Hall–Kier alpha value is -0.710. The first-order valence-corrected chi connectivity index (χ1v) is 2.98. The van der Waals surface area contributed by atoms with Crippen LogP contribution >= 0.6 is 12.2 Å². The molecule has 0 saturated carbocycles. The first-order chi connectivity index (χ1) is 4.22. The highest BCUT2D eigenvalue weighted by atomic mass is 32.1. The number of hydrogen-bond acceptors (Lipinski definition) is 3. The van der Waals surface area contributed by atoms with Gasteiger partial charge >= 0.3 is 0 Å². The molecule has 0 bridgehead atoms. The van der Waals surface area contributed by atoms with Gasteiger partial charge in [0.25, 0.3) is 0 Å². The van der Waals surface area contributed by atoms with E-state index in [0.29, 0.717) is 11.7 Å². The molecule has 52 valence electrons. The molecule has 0 radical (unpaired) electrons. The fourth-order valence-corrected chi connectivity index (χ4v) is 0.480. The second-order valence-corrected chi connectivity index (χ2v) is 1.83. The topological polar surface area (TPSA) is 44.7 Å². The maximum absolute atomic E-state index is 9.77. The zero-order chi connectivity index (χ0) is 7.28. The molecule has 0 unspecified atom stereocenters. The largest absolute Gasteiger partial charge is 0.361 e. The molecular formula is C4H9N3OS. The van der Waals surface area contributed by atoms with Crippen molar-refractivity contribution < 1.29 is 0 Å². The van der Waals surface area contributed by atoms with Crippen LogP contribution < -0.4 is 5.32 Å². The van der Waals surface area contributed by atoms with Crippen LogP contribution in [-0.2, 0) is 0 Å². The average Bonchev–Trinajstić information content (AvgIpc) is 1.87. The minimum atomic E-state index is 0.354. The quantitative estimate of drug-likeness (QED) is 0.351. The summed E-state index contributed by atoms with van der Waals surface area (Å²) in [5.74, 6) is 0. The van der Waals surface area contributed by atoms with E-state index in [1.807, 2.05) is 6.92 Å². The van der Waals surface area contributed by atoms with Crippen molar-refractivity contribution in [2.45, 2.75) is 6.92 Å². The number of rotatable bonds is 2. The monoisotopic (exact) mass is 147 g/mol. The molecule has 0 fully saturated rings. The van der Waals surface area contributed by atoms with E-state index in [1.165, 1.54) is 7.05 Å². The molecule has 0 atom stereocenters. The van der Waals surface area contributed by atoms with Gasteiger partial charge in [-0.2, -0.15) is 0 Å².